The minimum Gasteiger partial charge on any atom is -0.355 e. The van der Waals surface area contributed by atoms with Gasteiger partial charge in [0.1, 0.15) is 0 Å². The standard InChI is InChI=1S/C13H27N3O/c1-11(2)15-9-13-5-4-7-16(10-13)8-6-14-12(3)17/h11,13,15H,4-10H2,1-3H3,(H,14,17). The minimum absolute atomic E-state index is 0.0695. The van der Waals surface area contributed by atoms with Gasteiger partial charge in [-0.3, -0.25) is 4.79 Å². The number of carbonyl (C=O) groups is 1. The molecule has 0 aromatic carbocycles. The Labute approximate surface area is 105 Å². The summed E-state index contributed by atoms with van der Waals surface area (Å²) in [6, 6.07) is 0.574. The molecule has 0 aromatic heterocycles. The van der Waals surface area contributed by atoms with Crippen LogP contribution in [0.15, 0.2) is 0 Å². The molecule has 0 spiro atoms. The van der Waals surface area contributed by atoms with E-state index in [-0.39, 0.29) is 5.91 Å². The van der Waals surface area contributed by atoms with Gasteiger partial charge in [0, 0.05) is 32.6 Å². The van der Waals surface area contributed by atoms with Crippen LogP contribution in [0.25, 0.3) is 0 Å². The molecule has 1 aliphatic heterocycles. The van der Waals surface area contributed by atoms with Gasteiger partial charge in [-0.2, -0.15) is 0 Å². The highest BCUT2D eigenvalue weighted by Gasteiger charge is 2.19. The number of nitrogens with zero attached hydrogens (tertiary/aromatic N) is 1. The highest BCUT2D eigenvalue weighted by Crippen LogP contribution is 2.15. The summed E-state index contributed by atoms with van der Waals surface area (Å²) in [7, 11) is 0. The van der Waals surface area contributed by atoms with Crippen LogP contribution in [0.2, 0.25) is 0 Å². The number of amides is 1. The van der Waals surface area contributed by atoms with Gasteiger partial charge >= 0.3 is 0 Å². The van der Waals surface area contributed by atoms with E-state index in [0.29, 0.717) is 6.04 Å². The van der Waals surface area contributed by atoms with Crippen LogP contribution in [0.3, 0.4) is 0 Å². The molecule has 1 saturated heterocycles. The molecule has 1 aliphatic rings. The number of likely N-dealkylation sites (tertiary alicyclic amines) is 1. The molecular formula is C13H27N3O. The summed E-state index contributed by atoms with van der Waals surface area (Å²) >= 11 is 0. The Balaban J connectivity index is 2.17. The molecule has 1 atom stereocenters. The Bertz CT molecular complexity index is 231. The summed E-state index contributed by atoms with van der Waals surface area (Å²) in [4.78, 5) is 13.3. The van der Waals surface area contributed by atoms with Crippen LogP contribution in [0.4, 0.5) is 0 Å². The van der Waals surface area contributed by atoms with Crippen molar-refractivity contribution in [2.75, 3.05) is 32.7 Å². The van der Waals surface area contributed by atoms with Gasteiger partial charge in [-0.05, 0) is 31.8 Å². The minimum atomic E-state index is 0.0695. The van der Waals surface area contributed by atoms with Gasteiger partial charge < -0.3 is 15.5 Å². The zero-order chi connectivity index (χ0) is 12.7. The molecule has 0 aliphatic carbocycles. The lowest BCUT2D eigenvalue weighted by Crippen LogP contribution is -2.43. The van der Waals surface area contributed by atoms with Gasteiger partial charge in [0.05, 0.1) is 0 Å². The van der Waals surface area contributed by atoms with E-state index in [2.05, 4.69) is 29.4 Å². The first kappa shape index (κ1) is 14.5. The van der Waals surface area contributed by atoms with Crippen LogP contribution < -0.4 is 10.6 Å². The van der Waals surface area contributed by atoms with Crippen molar-refractivity contribution >= 4 is 5.91 Å². The summed E-state index contributed by atoms with van der Waals surface area (Å²) in [6.07, 6.45) is 2.61. The number of piperidine rings is 1. The topological polar surface area (TPSA) is 44.4 Å². The molecule has 1 fully saturated rings. The van der Waals surface area contributed by atoms with Crippen molar-refractivity contribution in [1.29, 1.82) is 0 Å². The Morgan fingerprint density at radius 1 is 1.47 bits per heavy atom. The summed E-state index contributed by atoms with van der Waals surface area (Å²) in [5, 5.41) is 6.38. The van der Waals surface area contributed by atoms with Crippen LogP contribution in [-0.4, -0.2) is 49.6 Å². The van der Waals surface area contributed by atoms with E-state index in [4.69, 9.17) is 0 Å². The third-order valence-electron chi connectivity index (χ3n) is 3.22. The lowest BCUT2D eigenvalue weighted by Gasteiger charge is -2.33. The third kappa shape index (κ3) is 6.64. The van der Waals surface area contributed by atoms with Crippen LogP contribution in [-0.2, 0) is 4.79 Å². The van der Waals surface area contributed by atoms with E-state index < -0.39 is 0 Å². The predicted octanol–water partition coefficient (Wildman–Crippen LogP) is 0.833. The maximum atomic E-state index is 10.8. The van der Waals surface area contributed by atoms with Crippen LogP contribution in [0, 0.1) is 5.92 Å². The van der Waals surface area contributed by atoms with E-state index in [0.717, 1.165) is 25.6 Å². The van der Waals surface area contributed by atoms with Crippen molar-refractivity contribution in [3.05, 3.63) is 0 Å². The fourth-order valence-electron chi connectivity index (χ4n) is 2.31. The Morgan fingerprint density at radius 2 is 2.24 bits per heavy atom. The number of carbonyl (C=O) groups excluding carboxylic acids is 1. The summed E-state index contributed by atoms with van der Waals surface area (Å²) in [5.74, 6) is 0.837. The highest BCUT2D eigenvalue weighted by molar-refractivity contribution is 5.72. The summed E-state index contributed by atoms with van der Waals surface area (Å²) in [6.45, 7) is 11.2. The second-order valence-corrected chi connectivity index (χ2v) is 5.35. The maximum Gasteiger partial charge on any atom is 0.216 e. The van der Waals surface area contributed by atoms with Gasteiger partial charge in [0.2, 0.25) is 5.91 Å². The SMILES string of the molecule is CC(=O)NCCN1CCCC(CNC(C)C)C1. The van der Waals surface area contributed by atoms with Crippen molar-refractivity contribution in [2.24, 2.45) is 5.92 Å². The third-order valence-corrected chi connectivity index (χ3v) is 3.22. The number of nitrogens with one attached hydrogen (secondary N) is 2. The first-order valence-electron chi connectivity index (χ1n) is 6.78. The van der Waals surface area contributed by atoms with Crippen molar-refractivity contribution in [3.63, 3.8) is 0 Å². The van der Waals surface area contributed by atoms with Gasteiger partial charge in [-0.25, -0.2) is 0 Å². The lowest BCUT2D eigenvalue weighted by molar-refractivity contribution is -0.119. The fourth-order valence-corrected chi connectivity index (χ4v) is 2.31. The molecule has 1 amide bonds. The van der Waals surface area contributed by atoms with Gasteiger partial charge in [-0.1, -0.05) is 13.8 Å². The molecular weight excluding hydrogens is 214 g/mol. The fraction of sp³-hybridized carbons (Fsp3) is 0.923. The number of hydrogen-bond donors (Lipinski definition) is 2. The molecule has 2 N–H and O–H groups in total. The molecule has 0 saturated carbocycles. The highest BCUT2D eigenvalue weighted by atomic mass is 16.1. The summed E-state index contributed by atoms with van der Waals surface area (Å²) < 4.78 is 0. The van der Waals surface area contributed by atoms with Crippen molar-refractivity contribution in [3.8, 4) is 0 Å². The molecule has 17 heavy (non-hydrogen) atoms. The van der Waals surface area contributed by atoms with Gasteiger partial charge in [0.25, 0.3) is 0 Å². The van der Waals surface area contributed by atoms with Crippen LogP contribution in [0.5, 0.6) is 0 Å². The monoisotopic (exact) mass is 241 g/mol. The Kier molecular flexibility index (Phi) is 6.52. The van der Waals surface area contributed by atoms with Crippen LogP contribution in [0.1, 0.15) is 33.6 Å². The molecule has 1 heterocycles. The largest absolute Gasteiger partial charge is 0.355 e. The predicted molar refractivity (Wildman–Crippen MR) is 71.0 cm³/mol. The molecule has 0 radical (unpaired) electrons. The first-order valence-corrected chi connectivity index (χ1v) is 6.78. The zero-order valence-electron chi connectivity index (χ0n) is 11.5. The van der Waals surface area contributed by atoms with Crippen molar-refractivity contribution < 1.29 is 4.79 Å². The summed E-state index contributed by atoms with van der Waals surface area (Å²) in [5.41, 5.74) is 0. The molecule has 4 nitrogen and oxygen atoms in total. The van der Waals surface area contributed by atoms with E-state index in [1.807, 2.05) is 0 Å². The quantitative estimate of drug-likeness (QED) is 0.724. The number of rotatable bonds is 6. The van der Waals surface area contributed by atoms with Gasteiger partial charge in [0.15, 0.2) is 0 Å². The average Bonchev–Trinajstić information content (AvgIpc) is 2.26. The molecule has 1 rings (SSSR count). The maximum absolute atomic E-state index is 10.8. The molecule has 0 aromatic rings. The average molecular weight is 241 g/mol. The Morgan fingerprint density at radius 3 is 2.88 bits per heavy atom. The second kappa shape index (κ2) is 7.67. The lowest BCUT2D eigenvalue weighted by atomic mass is 9.98. The van der Waals surface area contributed by atoms with E-state index in [9.17, 15) is 4.79 Å². The van der Waals surface area contributed by atoms with Crippen LogP contribution >= 0.6 is 0 Å². The zero-order valence-corrected chi connectivity index (χ0v) is 11.5. The number of hydrogen-bond acceptors (Lipinski definition) is 3. The van der Waals surface area contributed by atoms with E-state index in [1.165, 1.54) is 25.9 Å². The molecule has 1 unspecified atom stereocenters. The smallest absolute Gasteiger partial charge is 0.216 e. The first-order chi connectivity index (χ1) is 8.08. The van der Waals surface area contributed by atoms with Crippen molar-refractivity contribution in [1.82, 2.24) is 15.5 Å². The van der Waals surface area contributed by atoms with E-state index >= 15 is 0 Å². The second-order valence-electron chi connectivity index (χ2n) is 5.35. The molecule has 0 bridgehead atoms. The van der Waals surface area contributed by atoms with Crippen molar-refractivity contribution in [2.45, 2.75) is 39.7 Å². The molecule has 100 valence electrons. The Hall–Kier alpha value is -0.610. The normalized spacial score (nSPS) is 21.8. The van der Waals surface area contributed by atoms with Gasteiger partial charge in [-0.15, -0.1) is 0 Å². The molecule has 4 heteroatoms. The van der Waals surface area contributed by atoms with E-state index in [1.54, 1.807) is 6.92 Å².